The van der Waals surface area contributed by atoms with Gasteiger partial charge in [-0.05, 0) is 60.9 Å². The first-order valence-corrected chi connectivity index (χ1v) is 10.1. The van der Waals surface area contributed by atoms with E-state index in [9.17, 15) is 4.79 Å². The SMILES string of the molecule is O=c1cccnn1-c1ccc(OC(CCc2ccc(Cl)cc2)Cn2ccnc2)cc1. The lowest BCUT2D eigenvalue weighted by Crippen LogP contribution is -2.23. The quantitative estimate of drug-likeness (QED) is 0.429. The van der Waals surface area contributed by atoms with E-state index in [1.807, 2.05) is 59.3 Å². The second-order valence-electron chi connectivity index (χ2n) is 6.93. The molecule has 2 aromatic heterocycles. The molecule has 1 atom stereocenters. The van der Waals surface area contributed by atoms with Crippen molar-refractivity contribution in [1.29, 1.82) is 0 Å². The van der Waals surface area contributed by atoms with Crippen LogP contribution >= 0.6 is 11.6 Å². The van der Waals surface area contributed by atoms with E-state index in [1.54, 1.807) is 24.8 Å². The number of aryl methyl sites for hydroxylation is 1. The molecule has 0 fully saturated rings. The lowest BCUT2D eigenvalue weighted by molar-refractivity contribution is 0.170. The number of hydrogen-bond donors (Lipinski definition) is 0. The summed E-state index contributed by atoms with van der Waals surface area (Å²) in [6.45, 7) is 0.690. The zero-order valence-electron chi connectivity index (χ0n) is 16.3. The van der Waals surface area contributed by atoms with Crippen molar-refractivity contribution in [2.24, 2.45) is 0 Å². The summed E-state index contributed by atoms with van der Waals surface area (Å²) in [5, 5.41) is 4.84. The lowest BCUT2D eigenvalue weighted by atomic mass is 10.1. The van der Waals surface area contributed by atoms with E-state index < -0.39 is 0 Å². The molecule has 4 aromatic rings. The molecule has 0 amide bonds. The van der Waals surface area contributed by atoms with Crippen LogP contribution in [0.25, 0.3) is 5.69 Å². The van der Waals surface area contributed by atoms with Crippen LogP contribution in [0.1, 0.15) is 12.0 Å². The molecule has 0 aliphatic heterocycles. The smallest absolute Gasteiger partial charge is 0.271 e. The van der Waals surface area contributed by atoms with Crippen molar-refractivity contribution in [2.75, 3.05) is 0 Å². The predicted octanol–water partition coefficient (Wildman–Crippen LogP) is 4.16. The molecule has 30 heavy (non-hydrogen) atoms. The van der Waals surface area contributed by atoms with Crippen LogP contribution in [-0.4, -0.2) is 25.4 Å². The summed E-state index contributed by atoms with van der Waals surface area (Å²) >= 11 is 5.98. The second-order valence-corrected chi connectivity index (χ2v) is 7.37. The Morgan fingerprint density at radius 2 is 1.80 bits per heavy atom. The number of benzene rings is 2. The molecule has 4 rings (SSSR count). The van der Waals surface area contributed by atoms with Crippen LogP contribution in [0, 0.1) is 0 Å². The van der Waals surface area contributed by atoms with Crippen LogP contribution in [-0.2, 0) is 13.0 Å². The summed E-state index contributed by atoms with van der Waals surface area (Å²) in [6, 6.07) is 18.4. The number of rotatable bonds is 8. The Morgan fingerprint density at radius 1 is 1.00 bits per heavy atom. The largest absolute Gasteiger partial charge is 0.489 e. The van der Waals surface area contributed by atoms with Gasteiger partial charge in [0.1, 0.15) is 11.9 Å². The first kappa shape index (κ1) is 19.9. The maximum atomic E-state index is 12.0. The zero-order valence-corrected chi connectivity index (χ0v) is 17.0. The monoisotopic (exact) mass is 420 g/mol. The minimum Gasteiger partial charge on any atom is -0.489 e. The van der Waals surface area contributed by atoms with Gasteiger partial charge in [-0.2, -0.15) is 9.78 Å². The van der Waals surface area contributed by atoms with Crippen molar-refractivity contribution in [2.45, 2.75) is 25.5 Å². The topological polar surface area (TPSA) is 61.9 Å². The molecule has 0 saturated heterocycles. The normalized spacial score (nSPS) is 11.9. The predicted molar refractivity (Wildman–Crippen MR) is 116 cm³/mol. The minimum absolute atomic E-state index is 0.0432. The Balaban J connectivity index is 1.47. The third-order valence-corrected chi connectivity index (χ3v) is 4.99. The van der Waals surface area contributed by atoms with Gasteiger partial charge in [0.05, 0.1) is 18.6 Å². The highest BCUT2D eigenvalue weighted by Crippen LogP contribution is 2.19. The average Bonchev–Trinajstić information content (AvgIpc) is 3.27. The maximum Gasteiger partial charge on any atom is 0.271 e. The van der Waals surface area contributed by atoms with E-state index >= 15 is 0 Å². The fourth-order valence-electron chi connectivity index (χ4n) is 3.21. The lowest BCUT2D eigenvalue weighted by Gasteiger charge is -2.20. The molecule has 0 N–H and O–H groups in total. The standard InChI is InChI=1S/C23H21ClN4O2/c24-19-6-3-18(4-7-19)5-10-22(16-27-15-14-25-17-27)30-21-11-8-20(9-12-21)28-23(29)2-1-13-26-28/h1-4,6-9,11-15,17,22H,5,10,16H2. The molecule has 0 spiro atoms. The first-order valence-electron chi connectivity index (χ1n) is 9.69. The average molecular weight is 421 g/mol. The molecule has 152 valence electrons. The van der Waals surface area contributed by atoms with Crippen molar-refractivity contribution in [1.82, 2.24) is 19.3 Å². The number of hydrogen-bond acceptors (Lipinski definition) is 4. The van der Waals surface area contributed by atoms with E-state index in [1.165, 1.54) is 16.3 Å². The summed E-state index contributed by atoms with van der Waals surface area (Å²) in [7, 11) is 0. The molecule has 0 aliphatic carbocycles. The molecule has 2 heterocycles. The first-order chi connectivity index (χ1) is 14.7. The zero-order chi connectivity index (χ0) is 20.8. The summed E-state index contributed by atoms with van der Waals surface area (Å²) in [6.07, 6.45) is 8.72. The van der Waals surface area contributed by atoms with Crippen LogP contribution in [0.15, 0.2) is 90.4 Å². The number of nitrogens with zero attached hydrogens (tertiary/aromatic N) is 4. The fraction of sp³-hybridized carbons (Fsp3) is 0.174. The van der Waals surface area contributed by atoms with Gasteiger partial charge in [0.2, 0.25) is 0 Å². The molecular weight excluding hydrogens is 400 g/mol. The summed E-state index contributed by atoms with van der Waals surface area (Å²) in [4.78, 5) is 16.1. The Hall–Kier alpha value is -3.38. The van der Waals surface area contributed by atoms with E-state index in [0.29, 0.717) is 12.2 Å². The molecule has 0 radical (unpaired) electrons. The molecule has 0 saturated carbocycles. The molecule has 0 aliphatic rings. The highest BCUT2D eigenvalue weighted by atomic mass is 35.5. The second kappa shape index (κ2) is 9.41. The third kappa shape index (κ3) is 5.15. The van der Waals surface area contributed by atoms with E-state index in [4.69, 9.17) is 16.3 Å². The summed E-state index contributed by atoms with van der Waals surface area (Å²) in [5.41, 5.74) is 1.73. The van der Waals surface area contributed by atoms with Gasteiger partial charge in [0.25, 0.3) is 5.56 Å². The van der Waals surface area contributed by atoms with Crippen molar-refractivity contribution < 1.29 is 4.74 Å². The van der Waals surface area contributed by atoms with Crippen LogP contribution in [0.3, 0.4) is 0 Å². The van der Waals surface area contributed by atoms with Gasteiger partial charge in [-0.1, -0.05) is 23.7 Å². The van der Waals surface area contributed by atoms with Gasteiger partial charge in [-0.25, -0.2) is 4.98 Å². The van der Waals surface area contributed by atoms with Gasteiger partial charge >= 0.3 is 0 Å². The third-order valence-electron chi connectivity index (χ3n) is 4.74. The van der Waals surface area contributed by atoms with Crippen molar-refractivity contribution >= 4 is 11.6 Å². The molecule has 6 nitrogen and oxygen atoms in total. The highest BCUT2D eigenvalue weighted by Gasteiger charge is 2.13. The Bertz CT molecular complexity index is 1120. The number of imidazole rings is 1. The van der Waals surface area contributed by atoms with E-state index in [0.717, 1.165) is 23.6 Å². The highest BCUT2D eigenvalue weighted by molar-refractivity contribution is 6.30. The van der Waals surface area contributed by atoms with Gasteiger partial charge < -0.3 is 9.30 Å². The summed E-state index contributed by atoms with van der Waals surface area (Å²) < 4.78 is 9.63. The fourth-order valence-corrected chi connectivity index (χ4v) is 3.33. The van der Waals surface area contributed by atoms with E-state index in [-0.39, 0.29) is 11.7 Å². The van der Waals surface area contributed by atoms with Gasteiger partial charge in [-0.3, -0.25) is 4.79 Å². The maximum absolute atomic E-state index is 12.0. The molecule has 1 unspecified atom stereocenters. The van der Waals surface area contributed by atoms with Gasteiger partial charge in [0, 0.05) is 29.7 Å². The molecule has 7 heteroatoms. The Kier molecular flexibility index (Phi) is 6.25. The molecule has 2 aromatic carbocycles. The van der Waals surface area contributed by atoms with Crippen LogP contribution in [0.2, 0.25) is 5.02 Å². The Morgan fingerprint density at radius 3 is 2.50 bits per heavy atom. The molecule has 0 bridgehead atoms. The van der Waals surface area contributed by atoms with Crippen molar-refractivity contribution in [3.8, 4) is 11.4 Å². The molecular formula is C23H21ClN4O2. The van der Waals surface area contributed by atoms with Crippen LogP contribution < -0.4 is 10.3 Å². The van der Waals surface area contributed by atoms with E-state index in [2.05, 4.69) is 10.1 Å². The number of aromatic nitrogens is 4. The minimum atomic E-state index is -0.174. The number of ether oxygens (including phenoxy) is 1. The van der Waals surface area contributed by atoms with Crippen molar-refractivity contribution in [3.05, 3.63) is 107 Å². The van der Waals surface area contributed by atoms with Crippen LogP contribution in [0.4, 0.5) is 0 Å². The summed E-state index contributed by atoms with van der Waals surface area (Å²) in [5.74, 6) is 0.740. The van der Waals surface area contributed by atoms with Gasteiger partial charge in [0.15, 0.2) is 0 Å². The number of halogens is 1. The van der Waals surface area contributed by atoms with Crippen LogP contribution in [0.5, 0.6) is 5.75 Å². The van der Waals surface area contributed by atoms with Gasteiger partial charge in [-0.15, -0.1) is 0 Å². The van der Waals surface area contributed by atoms with Crippen molar-refractivity contribution in [3.63, 3.8) is 0 Å². The Labute approximate surface area is 179 Å².